The lowest BCUT2D eigenvalue weighted by atomic mass is 10.1. The molecular formula is C19H14F3N3O4. The van der Waals surface area contributed by atoms with Gasteiger partial charge in [-0.1, -0.05) is 24.3 Å². The van der Waals surface area contributed by atoms with Crippen LogP contribution in [0, 0.1) is 0 Å². The second-order valence-corrected chi connectivity index (χ2v) is 5.80. The van der Waals surface area contributed by atoms with Crippen LogP contribution in [0.1, 0.15) is 16.1 Å². The molecule has 7 nitrogen and oxygen atoms in total. The van der Waals surface area contributed by atoms with Gasteiger partial charge in [-0.25, -0.2) is 0 Å². The molecule has 1 amide bonds. The van der Waals surface area contributed by atoms with Crippen molar-refractivity contribution in [2.75, 3.05) is 12.4 Å². The predicted molar refractivity (Wildman–Crippen MR) is 97.4 cm³/mol. The Balaban J connectivity index is 2.05. The number of hydrogen-bond acceptors (Lipinski definition) is 5. The van der Waals surface area contributed by atoms with Gasteiger partial charge in [-0.05, 0) is 24.3 Å². The highest BCUT2D eigenvalue weighted by molar-refractivity contribution is 6.05. The number of nitrogens with one attached hydrogen (secondary N) is 1. The molecule has 0 bridgehead atoms. The van der Waals surface area contributed by atoms with E-state index in [2.05, 4.69) is 10.4 Å². The minimum absolute atomic E-state index is 0.185. The SMILES string of the molecule is COc1ccccc1-n1nc(C(=O)Nc2ccccc2C(F)(F)F)c(O)cc1=O. The van der Waals surface area contributed by atoms with Crippen LogP contribution in [-0.4, -0.2) is 27.9 Å². The van der Waals surface area contributed by atoms with Crippen LogP contribution in [-0.2, 0) is 6.18 Å². The summed E-state index contributed by atoms with van der Waals surface area (Å²) >= 11 is 0. The zero-order valence-corrected chi connectivity index (χ0v) is 14.9. The van der Waals surface area contributed by atoms with E-state index in [4.69, 9.17) is 4.74 Å². The third kappa shape index (κ3) is 4.05. The largest absolute Gasteiger partial charge is 0.505 e. The summed E-state index contributed by atoms with van der Waals surface area (Å²) in [7, 11) is 1.37. The van der Waals surface area contributed by atoms with Crippen molar-refractivity contribution in [1.29, 1.82) is 0 Å². The van der Waals surface area contributed by atoms with Gasteiger partial charge < -0.3 is 15.2 Å². The van der Waals surface area contributed by atoms with Crippen molar-refractivity contribution in [3.8, 4) is 17.2 Å². The molecule has 0 saturated carbocycles. The number of aromatic nitrogens is 2. The van der Waals surface area contributed by atoms with Gasteiger partial charge in [0.05, 0.1) is 18.4 Å². The Labute approximate surface area is 162 Å². The summed E-state index contributed by atoms with van der Waals surface area (Å²) in [6.07, 6.45) is -4.70. The highest BCUT2D eigenvalue weighted by Crippen LogP contribution is 2.34. The highest BCUT2D eigenvalue weighted by Gasteiger charge is 2.34. The second kappa shape index (κ2) is 7.66. The maximum atomic E-state index is 13.1. The monoisotopic (exact) mass is 405 g/mol. The van der Waals surface area contributed by atoms with Crippen molar-refractivity contribution >= 4 is 11.6 Å². The van der Waals surface area contributed by atoms with Gasteiger partial charge in [-0.3, -0.25) is 9.59 Å². The van der Waals surface area contributed by atoms with Gasteiger partial charge in [0.25, 0.3) is 11.5 Å². The number of methoxy groups -OCH3 is 1. The molecule has 150 valence electrons. The van der Waals surface area contributed by atoms with Gasteiger partial charge in [0.1, 0.15) is 11.4 Å². The van der Waals surface area contributed by atoms with Crippen LogP contribution in [0.4, 0.5) is 18.9 Å². The Hall–Kier alpha value is -3.82. The molecule has 0 aliphatic rings. The molecular weight excluding hydrogens is 391 g/mol. The van der Waals surface area contributed by atoms with Crippen molar-refractivity contribution < 1.29 is 27.8 Å². The summed E-state index contributed by atoms with van der Waals surface area (Å²) in [4.78, 5) is 24.7. The molecule has 0 aliphatic heterocycles. The van der Waals surface area contributed by atoms with Crippen LogP contribution < -0.4 is 15.6 Å². The zero-order valence-electron chi connectivity index (χ0n) is 14.9. The Kier molecular flexibility index (Phi) is 5.26. The molecule has 0 radical (unpaired) electrons. The first-order valence-electron chi connectivity index (χ1n) is 8.16. The van der Waals surface area contributed by atoms with Crippen molar-refractivity contribution in [3.05, 3.63) is 76.2 Å². The van der Waals surface area contributed by atoms with E-state index in [1.54, 1.807) is 18.2 Å². The number of anilines is 1. The Morgan fingerprint density at radius 2 is 1.79 bits per heavy atom. The lowest BCUT2D eigenvalue weighted by molar-refractivity contribution is -0.136. The van der Waals surface area contributed by atoms with Crippen LogP contribution in [0.3, 0.4) is 0 Å². The summed E-state index contributed by atoms with van der Waals surface area (Å²) < 4.78 is 45.3. The van der Waals surface area contributed by atoms with Gasteiger partial charge in [0, 0.05) is 6.07 Å². The quantitative estimate of drug-likeness (QED) is 0.695. The zero-order chi connectivity index (χ0) is 21.2. The maximum absolute atomic E-state index is 13.1. The minimum Gasteiger partial charge on any atom is -0.505 e. The molecule has 0 spiro atoms. The number of halogens is 3. The number of rotatable bonds is 4. The molecule has 0 unspecified atom stereocenters. The third-order valence-corrected chi connectivity index (χ3v) is 3.92. The number of amides is 1. The van der Waals surface area contributed by atoms with Crippen molar-refractivity contribution in [1.82, 2.24) is 9.78 Å². The Morgan fingerprint density at radius 1 is 1.14 bits per heavy atom. The molecule has 29 heavy (non-hydrogen) atoms. The molecule has 2 N–H and O–H groups in total. The van der Waals surface area contributed by atoms with Crippen molar-refractivity contribution in [2.45, 2.75) is 6.18 Å². The van der Waals surface area contributed by atoms with Crippen LogP contribution >= 0.6 is 0 Å². The van der Waals surface area contributed by atoms with Gasteiger partial charge in [-0.15, -0.1) is 0 Å². The lowest BCUT2D eigenvalue weighted by Gasteiger charge is -2.14. The number of aromatic hydroxyl groups is 1. The fourth-order valence-corrected chi connectivity index (χ4v) is 2.61. The third-order valence-electron chi connectivity index (χ3n) is 3.92. The van der Waals surface area contributed by atoms with E-state index in [1.807, 2.05) is 0 Å². The molecule has 3 aromatic rings. The fourth-order valence-electron chi connectivity index (χ4n) is 2.61. The van der Waals surface area contributed by atoms with Crippen LogP contribution in [0.2, 0.25) is 0 Å². The maximum Gasteiger partial charge on any atom is 0.418 e. The summed E-state index contributed by atoms with van der Waals surface area (Å²) in [6.45, 7) is 0. The second-order valence-electron chi connectivity index (χ2n) is 5.80. The van der Waals surface area contributed by atoms with Gasteiger partial charge >= 0.3 is 6.18 Å². The number of carbonyl (C=O) groups excluding carboxylic acids is 1. The van der Waals surface area contributed by atoms with Crippen LogP contribution in [0.25, 0.3) is 5.69 Å². The lowest BCUT2D eigenvalue weighted by Crippen LogP contribution is -2.26. The summed E-state index contributed by atoms with van der Waals surface area (Å²) in [5.74, 6) is -1.63. The van der Waals surface area contributed by atoms with E-state index >= 15 is 0 Å². The average molecular weight is 405 g/mol. The first kappa shape index (κ1) is 19.9. The summed E-state index contributed by atoms with van der Waals surface area (Å²) in [5, 5.41) is 15.9. The molecule has 2 aromatic carbocycles. The number of benzene rings is 2. The molecule has 1 aromatic heterocycles. The van der Waals surface area contributed by atoms with E-state index < -0.39 is 40.3 Å². The van der Waals surface area contributed by atoms with Crippen molar-refractivity contribution in [3.63, 3.8) is 0 Å². The normalized spacial score (nSPS) is 11.2. The minimum atomic E-state index is -4.70. The first-order chi connectivity index (χ1) is 13.7. The molecule has 0 aliphatic carbocycles. The number of hydrogen-bond donors (Lipinski definition) is 2. The van der Waals surface area contributed by atoms with E-state index in [0.29, 0.717) is 0 Å². The summed E-state index contributed by atoms with van der Waals surface area (Å²) in [5.41, 5.74) is -2.79. The molecule has 0 fully saturated rings. The number of nitrogens with zero attached hydrogens (tertiary/aromatic N) is 2. The average Bonchev–Trinajstić information content (AvgIpc) is 2.67. The van der Waals surface area contributed by atoms with E-state index in [0.717, 1.165) is 22.9 Å². The summed E-state index contributed by atoms with van der Waals surface area (Å²) in [6, 6.07) is 11.4. The number of ether oxygens (including phenoxy) is 1. The number of para-hydroxylation sites is 3. The molecule has 3 rings (SSSR count). The highest BCUT2D eigenvalue weighted by atomic mass is 19.4. The molecule has 10 heteroatoms. The fraction of sp³-hybridized carbons (Fsp3) is 0.105. The number of carbonyl (C=O) groups is 1. The Morgan fingerprint density at radius 3 is 2.48 bits per heavy atom. The van der Waals surface area contributed by atoms with Crippen molar-refractivity contribution in [2.24, 2.45) is 0 Å². The predicted octanol–water partition coefficient (Wildman–Crippen LogP) is 3.22. The van der Waals surface area contributed by atoms with E-state index in [1.165, 1.54) is 25.3 Å². The topological polar surface area (TPSA) is 93.5 Å². The van der Waals surface area contributed by atoms with Crippen LogP contribution in [0.5, 0.6) is 11.5 Å². The molecule has 0 atom stereocenters. The standard InChI is InChI=1S/C19H14F3N3O4/c1-29-15-9-5-4-8-13(15)25-16(27)10-14(26)17(24-25)18(28)23-12-7-3-2-6-11(12)19(20,21)22/h2-10,26H,1H3,(H,23,28). The number of alkyl halides is 3. The van der Waals surface area contributed by atoms with Gasteiger partial charge in [0.2, 0.25) is 0 Å². The molecule has 0 saturated heterocycles. The molecule has 1 heterocycles. The smallest absolute Gasteiger partial charge is 0.418 e. The van der Waals surface area contributed by atoms with Gasteiger partial charge in [-0.2, -0.15) is 23.0 Å². The van der Waals surface area contributed by atoms with E-state index in [-0.39, 0.29) is 11.4 Å². The Bertz CT molecular complexity index is 1130. The van der Waals surface area contributed by atoms with Crippen LogP contribution in [0.15, 0.2) is 59.4 Å². The van der Waals surface area contributed by atoms with Gasteiger partial charge in [0.15, 0.2) is 11.4 Å². The first-order valence-corrected chi connectivity index (χ1v) is 8.16. The van der Waals surface area contributed by atoms with E-state index in [9.17, 15) is 27.9 Å².